The van der Waals surface area contributed by atoms with Gasteiger partial charge in [-0.3, -0.25) is 10.4 Å². The van der Waals surface area contributed by atoms with E-state index < -0.39 is 0 Å². The van der Waals surface area contributed by atoms with Gasteiger partial charge in [0.1, 0.15) is 11.5 Å². The molecule has 2 rings (SSSR count). The maximum absolute atomic E-state index is 7.50. The van der Waals surface area contributed by atoms with Crippen LogP contribution in [0.25, 0.3) is 0 Å². The van der Waals surface area contributed by atoms with Gasteiger partial charge in [-0.1, -0.05) is 6.92 Å². The minimum atomic E-state index is 0.0295. The minimum Gasteiger partial charge on any atom is -0.382 e. The minimum absolute atomic E-state index is 0.0295. The molecule has 1 saturated heterocycles. The molecule has 0 radical (unpaired) electrons. The van der Waals surface area contributed by atoms with Crippen LogP contribution in [0.3, 0.4) is 0 Å². The van der Waals surface area contributed by atoms with E-state index in [9.17, 15) is 0 Å². The summed E-state index contributed by atoms with van der Waals surface area (Å²) in [5.74, 6) is 0.0295. The Kier molecular flexibility index (Phi) is 4.37. The molecule has 5 heteroatoms. The van der Waals surface area contributed by atoms with Crippen molar-refractivity contribution in [1.82, 2.24) is 9.88 Å². The fraction of sp³-hybridized carbons (Fsp3) is 0.571. The molecular weight excluding hydrogens is 238 g/mol. The number of likely N-dealkylation sites (N-methyl/N-ethyl adjacent to an activating group) is 1. The Morgan fingerprint density at radius 2 is 2.32 bits per heavy atom. The lowest BCUT2D eigenvalue weighted by Crippen LogP contribution is -2.40. The lowest BCUT2D eigenvalue weighted by Gasteiger charge is -2.32. The molecule has 1 aliphatic heterocycles. The number of nitrogen functional groups attached to an aromatic ring is 1. The smallest absolute Gasteiger partial charge is 0.141 e. The van der Waals surface area contributed by atoms with Crippen LogP contribution < -0.4 is 10.6 Å². The predicted molar refractivity (Wildman–Crippen MR) is 78.8 cm³/mol. The van der Waals surface area contributed by atoms with Crippen molar-refractivity contribution in [2.24, 2.45) is 5.73 Å². The highest BCUT2D eigenvalue weighted by molar-refractivity contribution is 5.93. The van der Waals surface area contributed by atoms with Gasteiger partial charge in [0.05, 0.1) is 0 Å². The maximum atomic E-state index is 7.50. The summed E-state index contributed by atoms with van der Waals surface area (Å²) >= 11 is 0. The first-order valence-electron chi connectivity index (χ1n) is 6.87. The molecular formula is C14H23N5. The number of nitrogens with one attached hydrogen (secondary N) is 1. The zero-order valence-corrected chi connectivity index (χ0v) is 11.8. The summed E-state index contributed by atoms with van der Waals surface area (Å²) in [6.07, 6.45) is 4.01. The van der Waals surface area contributed by atoms with Crippen molar-refractivity contribution in [3.8, 4) is 0 Å². The molecule has 104 valence electrons. The summed E-state index contributed by atoms with van der Waals surface area (Å²) in [5.41, 5.74) is 7.21. The highest BCUT2D eigenvalue weighted by Crippen LogP contribution is 2.22. The first kappa shape index (κ1) is 13.8. The van der Waals surface area contributed by atoms with Crippen molar-refractivity contribution in [2.75, 3.05) is 31.6 Å². The SMILES string of the molecule is CCC1CN(C)CCCN1c1ccnc(C(=N)N)c1. The average Bonchev–Trinajstić information content (AvgIpc) is 2.60. The van der Waals surface area contributed by atoms with Gasteiger partial charge in [0.15, 0.2) is 0 Å². The van der Waals surface area contributed by atoms with E-state index in [2.05, 4.69) is 28.8 Å². The van der Waals surface area contributed by atoms with E-state index in [1.165, 1.54) is 0 Å². The van der Waals surface area contributed by atoms with Crippen molar-refractivity contribution in [1.29, 1.82) is 5.41 Å². The summed E-state index contributed by atoms with van der Waals surface area (Å²) in [5, 5.41) is 7.50. The summed E-state index contributed by atoms with van der Waals surface area (Å²) in [7, 11) is 2.18. The van der Waals surface area contributed by atoms with Crippen molar-refractivity contribution in [2.45, 2.75) is 25.8 Å². The third kappa shape index (κ3) is 3.23. The van der Waals surface area contributed by atoms with Gasteiger partial charge in [-0.15, -0.1) is 0 Å². The molecule has 0 aromatic carbocycles. The van der Waals surface area contributed by atoms with Gasteiger partial charge in [0.25, 0.3) is 0 Å². The maximum Gasteiger partial charge on any atom is 0.141 e. The Balaban J connectivity index is 2.27. The second-order valence-electron chi connectivity index (χ2n) is 5.18. The van der Waals surface area contributed by atoms with Crippen LogP contribution in [-0.4, -0.2) is 48.4 Å². The van der Waals surface area contributed by atoms with Gasteiger partial charge in [-0.2, -0.15) is 0 Å². The molecule has 19 heavy (non-hydrogen) atoms. The third-order valence-corrected chi connectivity index (χ3v) is 3.72. The number of hydrogen-bond donors (Lipinski definition) is 2. The second-order valence-corrected chi connectivity index (χ2v) is 5.18. The predicted octanol–water partition coefficient (Wildman–Crippen LogP) is 1.29. The number of rotatable bonds is 3. The number of nitrogens with zero attached hydrogens (tertiary/aromatic N) is 3. The number of pyridine rings is 1. The van der Waals surface area contributed by atoms with Crippen LogP contribution in [0.5, 0.6) is 0 Å². The number of aromatic nitrogens is 1. The van der Waals surface area contributed by atoms with E-state index >= 15 is 0 Å². The van der Waals surface area contributed by atoms with E-state index in [0.717, 1.165) is 38.2 Å². The average molecular weight is 261 g/mol. The Bertz CT molecular complexity index is 445. The lowest BCUT2D eigenvalue weighted by atomic mass is 10.1. The van der Waals surface area contributed by atoms with Crippen LogP contribution in [0.2, 0.25) is 0 Å². The lowest BCUT2D eigenvalue weighted by molar-refractivity contribution is 0.328. The van der Waals surface area contributed by atoms with E-state index in [1.807, 2.05) is 12.1 Å². The molecule has 0 spiro atoms. The Labute approximate surface area is 114 Å². The van der Waals surface area contributed by atoms with Crippen molar-refractivity contribution < 1.29 is 0 Å². The molecule has 1 aliphatic rings. The zero-order valence-electron chi connectivity index (χ0n) is 11.8. The van der Waals surface area contributed by atoms with Gasteiger partial charge >= 0.3 is 0 Å². The fourth-order valence-corrected chi connectivity index (χ4v) is 2.68. The third-order valence-electron chi connectivity index (χ3n) is 3.72. The Morgan fingerprint density at radius 1 is 1.53 bits per heavy atom. The number of anilines is 1. The molecule has 1 aromatic heterocycles. The summed E-state index contributed by atoms with van der Waals surface area (Å²) < 4.78 is 0. The summed E-state index contributed by atoms with van der Waals surface area (Å²) in [6, 6.07) is 4.45. The molecule has 1 aromatic rings. The van der Waals surface area contributed by atoms with E-state index in [4.69, 9.17) is 11.1 Å². The largest absolute Gasteiger partial charge is 0.382 e. The monoisotopic (exact) mass is 261 g/mol. The van der Waals surface area contributed by atoms with Crippen molar-refractivity contribution in [3.05, 3.63) is 24.0 Å². The van der Waals surface area contributed by atoms with Gasteiger partial charge in [-0.05, 0) is 38.6 Å². The molecule has 0 bridgehead atoms. The first-order chi connectivity index (χ1) is 9.11. The molecule has 1 unspecified atom stereocenters. The van der Waals surface area contributed by atoms with Crippen LogP contribution in [0.1, 0.15) is 25.5 Å². The van der Waals surface area contributed by atoms with Gasteiger partial charge < -0.3 is 15.5 Å². The molecule has 1 fully saturated rings. The topological polar surface area (TPSA) is 69.2 Å². The van der Waals surface area contributed by atoms with Crippen LogP contribution >= 0.6 is 0 Å². The molecule has 0 aliphatic carbocycles. The van der Waals surface area contributed by atoms with E-state index in [1.54, 1.807) is 6.20 Å². The van der Waals surface area contributed by atoms with Crippen LogP contribution in [-0.2, 0) is 0 Å². The zero-order chi connectivity index (χ0) is 13.8. The van der Waals surface area contributed by atoms with Crippen LogP contribution in [0.4, 0.5) is 5.69 Å². The standard InChI is InChI=1S/C14H23N5/c1-3-11-10-18(2)7-4-8-19(11)12-5-6-17-13(9-12)14(15)16/h5-6,9,11H,3-4,7-8,10H2,1-2H3,(H3,15,16). The first-order valence-corrected chi connectivity index (χ1v) is 6.87. The normalized spacial score (nSPS) is 21.2. The summed E-state index contributed by atoms with van der Waals surface area (Å²) in [4.78, 5) is 8.95. The van der Waals surface area contributed by atoms with Crippen molar-refractivity contribution >= 4 is 11.5 Å². The highest BCUT2D eigenvalue weighted by atomic mass is 15.2. The van der Waals surface area contributed by atoms with Crippen LogP contribution in [0, 0.1) is 5.41 Å². The van der Waals surface area contributed by atoms with Gasteiger partial charge in [0.2, 0.25) is 0 Å². The van der Waals surface area contributed by atoms with Gasteiger partial charge in [-0.25, -0.2) is 0 Å². The Hall–Kier alpha value is -1.62. The molecule has 0 amide bonds. The Morgan fingerprint density at radius 3 is 3.00 bits per heavy atom. The molecule has 3 N–H and O–H groups in total. The second kappa shape index (κ2) is 6.02. The fourth-order valence-electron chi connectivity index (χ4n) is 2.68. The molecule has 5 nitrogen and oxygen atoms in total. The number of nitrogens with two attached hydrogens (primary N) is 1. The quantitative estimate of drug-likeness (QED) is 0.635. The number of amidine groups is 1. The molecule has 1 atom stereocenters. The highest BCUT2D eigenvalue weighted by Gasteiger charge is 2.22. The molecule has 0 saturated carbocycles. The van der Waals surface area contributed by atoms with E-state index in [-0.39, 0.29) is 5.84 Å². The number of hydrogen-bond acceptors (Lipinski definition) is 4. The van der Waals surface area contributed by atoms with Crippen LogP contribution in [0.15, 0.2) is 18.3 Å². The summed E-state index contributed by atoms with van der Waals surface area (Å²) in [6.45, 7) is 5.49. The van der Waals surface area contributed by atoms with E-state index in [0.29, 0.717) is 11.7 Å². The molecule has 2 heterocycles. The van der Waals surface area contributed by atoms with Crippen molar-refractivity contribution in [3.63, 3.8) is 0 Å². The van der Waals surface area contributed by atoms with Gasteiger partial charge in [0, 0.05) is 31.0 Å².